The van der Waals surface area contributed by atoms with Gasteiger partial charge in [-0.25, -0.2) is 0 Å². The first-order valence-corrected chi connectivity index (χ1v) is 16.9. The predicted octanol–water partition coefficient (Wildman–Crippen LogP) is 8.14. The van der Waals surface area contributed by atoms with Gasteiger partial charge in [-0.1, -0.05) is 36.4 Å². The summed E-state index contributed by atoms with van der Waals surface area (Å²) in [5.74, 6) is -10.1. The fraction of sp³-hybridized carbons (Fsp3) is 0.526. The van der Waals surface area contributed by atoms with E-state index in [0.29, 0.717) is 11.8 Å². The van der Waals surface area contributed by atoms with E-state index in [4.69, 9.17) is 0 Å². The van der Waals surface area contributed by atoms with Gasteiger partial charge in [-0.3, -0.25) is 9.59 Å². The van der Waals surface area contributed by atoms with Crippen molar-refractivity contribution >= 4 is 11.6 Å². The smallest absolute Gasteiger partial charge is 0.329 e. The molecule has 0 spiro atoms. The second-order valence-electron chi connectivity index (χ2n) is 15.6. The number of halogens is 4. The lowest BCUT2D eigenvalue weighted by Crippen LogP contribution is -2.24. The number of rotatable bonds is 5. The quantitative estimate of drug-likeness (QED) is 0.199. The number of hydrogen-bond donors (Lipinski definition) is 2. The first-order chi connectivity index (χ1) is 22.0. The van der Waals surface area contributed by atoms with Crippen LogP contribution in [0.25, 0.3) is 11.1 Å². The number of Topliss-reactive ketones (excluding diaryl/α,β-unsaturated/α-hetero) is 2. The molecule has 0 aromatic heterocycles. The molecule has 8 heteroatoms. The number of fused-ring (bicyclic) bond motifs is 4. The third kappa shape index (κ3) is 3.13. The third-order valence-electron chi connectivity index (χ3n) is 14.3. The average Bonchev–Trinajstić information content (AvgIpc) is 3.88. The van der Waals surface area contributed by atoms with Crippen molar-refractivity contribution in [2.24, 2.45) is 71.0 Å². The van der Waals surface area contributed by atoms with Gasteiger partial charge >= 0.3 is 11.8 Å². The molecular weight excluding hydrogens is 596 g/mol. The van der Waals surface area contributed by atoms with Gasteiger partial charge in [-0.2, -0.15) is 17.6 Å². The minimum atomic E-state index is -3.84. The molecule has 8 aliphatic rings. The molecule has 4 bridgehead atoms. The average molecular weight is 631 g/mol. The Bertz CT molecular complexity index is 1690. The van der Waals surface area contributed by atoms with Crippen LogP contribution in [-0.2, 0) is 21.4 Å². The van der Waals surface area contributed by atoms with Crippen LogP contribution in [0.15, 0.2) is 71.2 Å². The Hall–Kier alpha value is -3.42. The number of alkyl halides is 4. The van der Waals surface area contributed by atoms with E-state index in [1.165, 1.54) is 36.4 Å². The highest BCUT2D eigenvalue weighted by molar-refractivity contribution is 6.03. The molecule has 2 N–H and O–H groups in total. The molecule has 12 unspecified atom stereocenters. The van der Waals surface area contributed by atoms with Crippen molar-refractivity contribution in [3.05, 3.63) is 82.3 Å². The molecule has 2 aromatic carbocycles. The maximum absolute atomic E-state index is 16.0. The van der Waals surface area contributed by atoms with Crippen LogP contribution in [0.3, 0.4) is 0 Å². The van der Waals surface area contributed by atoms with Crippen LogP contribution in [-0.4, -0.2) is 21.8 Å². The van der Waals surface area contributed by atoms with Crippen molar-refractivity contribution in [3.8, 4) is 11.1 Å². The Morgan fingerprint density at radius 1 is 0.543 bits per heavy atom. The molecule has 8 fully saturated rings. The van der Waals surface area contributed by atoms with Crippen LogP contribution in [0, 0.1) is 71.0 Å². The zero-order chi connectivity index (χ0) is 31.6. The summed E-state index contributed by atoms with van der Waals surface area (Å²) < 4.78 is 64.2. The Balaban J connectivity index is 0.987. The van der Waals surface area contributed by atoms with Gasteiger partial charge < -0.3 is 10.2 Å². The van der Waals surface area contributed by atoms with E-state index in [-0.39, 0.29) is 93.0 Å². The minimum Gasteiger partial charge on any atom is -0.506 e. The van der Waals surface area contributed by atoms with Gasteiger partial charge in [0.1, 0.15) is 0 Å². The number of aliphatic hydroxyl groups excluding tert-OH is 2. The Labute approximate surface area is 263 Å². The first-order valence-electron chi connectivity index (χ1n) is 16.9. The molecule has 0 heterocycles. The van der Waals surface area contributed by atoms with E-state index in [1.807, 2.05) is 0 Å². The van der Waals surface area contributed by atoms with Gasteiger partial charge in [0.05, 0.1) is 0 Å². The summed E-state index contributed by atoms with van der Waals surface area (Å²) in [6.45, 7) is 0. The summed E-state index contributed by atoms with van der Waals surface area (Å²) in [4.78, 5) is 26.7. The van der Waals surface area contributed by atoms with E-state index in [9.17, 15) is 19.8 Å². The van der Waals surface area contributed by atoms with Crippen LogP contribution in [0.2, 0.25) is 0 Å². The molecule has 12 atom stereocenters. The highest BCUT2D eigenvalue weighted by Gasteiger charge is 2.71. The highest BCUT2D eigenvalue weighted by atomic mass is 19.3. The van der Waals surface area contributed by atoms with E-state index in [1.54, 1.807) is 0 Å². The third-order valence-corrected chi connectivity index (χ3v) is 14.3. The molecule has 0 radical (unpaired) electrons. The van der Waals surface area contributed by atoms with E-state index < -0.39 is 34.5 Å². The standard InChI is InChI=1S/C38H34F4O4/c39-37(40,35(45)31-27-19-7-9-21-23(19)13-25(27)29(21)33(31)43)17-5-1-3-15(11-17)16-4-2-6-18(12-16)38(41,42)36(46)32-28-20-8-10-22-24(20)14-26(28)30(22)34(32)44/h1-6,11-12,19-30,45-46H,7-10,13-14H2/b35-31-,36-32+. The Morgan fingerprint density at radius 2 is 0.913 bits per heavy atom. The summed E-state index contributed by atoms with van der Waals surface area (Å²) >= 11 is 0. The van der Waals surface area contributed by atoms with Crippen LogP contribution in [0.4, 0.5) is 17.6 Å². The second kappa shape index (κ2) is 8.73. The predicted molar refractivity (Wildman–Crippen MR) is 159 cm³/mol. The summed E-state index contributed by atoms with van der Waals surface area (Å²) in [6, 6.07) is 10.5. The van der Waals surface area contributed by atoms with E-state index in [0.717, 1.165) is 50.7 Å². The molecule has 4 nitrogen and oxygen atoms in total. The zero-order valence-corrected chi connectivity index (χ0v) is 25.0. The summed E-state index contributed by atoms with van der Waals surface area (Å²) in [7, 11) is 0. The maximum atomic E-state index is 16.0. The fourth-order valence-electron chi connectivity index (χ4n) is 12.9. The van der Waals surface area contributed by atoms with Crippen molar-refractivity contribution < 1.29 is 37.4 Å². The largest absolute Gasteiger partial charge is 0.506 e. The number of carbonyl (C=O) groups is 2. The Morgan fingerprint density at radius 3 is 1.30 bits per heavy atom. The number of benzene rings is 2. The van der Waals surface area contributed by atoms with Gasteiger partial charge in [0.25, 0.3) is 0 Å². The Kier molecular flexibility index (Phi) is 5.25. The van der Waals surface area contributed by atoms with E-state index in [2.05, 4.69) is 0 Å². The molecule has 2 aromatic rings. The zero-order valence-electron chi connectivity index (χ0n) is 25.0. The number of allylic oxidation sites excluding steroid dienone is 4. The van der Waals surface area contributed by atoms with Crippen molar-refractivity contribution in [2.45, 2.75) is 50.4 Å². The monoisotopic (exact) mass is 630 g/mol. The molecule has 0 amide bonds. The van der Waals surface area contributed by atoms with Gasteiger partial charge in [-0.05, 0) is 121 Å². The normalized spacial score (nSPS) is 43.0. The van der Waals surface area contributed by atoms with E-state index >= 15 is 17.6 Å². The SMILES string of the molecule is O=C1/C(=C(\O)C(F)(F)c2cccc(-c3cccc(C(F)(F)/C(O)=C4\C(=O)C5C6CCC7C6CC5C47)c3)c2)C2C3CCC4C3CC2C14. The lowest BCUT2D eigenvalue weighted by molar-refractivity contribution is -0.120. The fourth-order valence-corrected chi connectivity index (χ4v) is 12.9. The molecule has 0 aliphatic heterocycles. The van der Waals surface area contributed by atoms with Crippen molar-refractivity contribution in [3.63, 3.8) is 0 Å². The maximum Gasteiger partial charge on any atom is 0.329 e. The number of hydrogen-bond acceptors (Lipinski definition) is 4. The highest BCUT2D eigenvalue weighted by Crippen LogP contribution is 2.73. The second-order valence-corrected chi connectivity index (χ2v) is 15.6. The summed E-state index contributed by atoms with van der Waals surface area (Å²) in [5, 5.41) is 22.2. The molecule has 238 valence electrons. The first kappa shape index (κ1) is 27.7. The number of aliphatic hydroxyl groups is 2. The topological polar surface area (TPSA) is 74.6 Å². The van der Waals surface area contributed by atoms with Crippen molar-refractivity contribution in [2.75, 3.05) is 0 Å². The van der Waals surface area contributed by atoms with Gasteiger partial charge in [-0.15, -0.1) is 0 Å². The lowest BCUT2D eigenvalue weighted by Gasteiger charge is -2.26. The number of carbonyl (C=O) groups excluding carboxylic acids is 2. The number of ketones is 2. The van der Waals surface area contributed by atoms with Crippen LogP contribution in [0.5, 0.6) is 0 Å². The molecule has 0 saturated heterocycles. The molecule has 8 saturated carbocycles. The van der Waals surface area contributed by atoms with Crippen molar-refractivity contribution in [1.29, 1.82) is 0 Å². The molecular formula is C38H34F4O4. The summed E-state index contributed by atoms with van der Waals surface area (Å²) in [6.07, 6.45) is 5.47. The lowest BCUT2D eigenvalue weighted by atomic mass is 9.79. The van der Waals surface area contributed by atoms with Gasteiger partial charge in [0.2, 0.25) is 0 Å². The van der Waals surface area contributed by atoms with Crippen molar-refractivity contribution in [1.82, 2.24) is 0 Å². The summed E-state index contributed by atoms with van der Waals surface area (Å²) in [5.41, 5.74) is -0.792. The molecule has 46 heavy (non-hydrogen) atoms. The molecule has 8 aliphatic carbocycles. The van der Waals surface area contributed by atoms with Gasteiger partial charge in [0, 0.05) is 34.1 Å². The van der Waals surface area contributed by atoms with Crippen LogP contribution < -0.4 is 0 Å². The van der Waals surface area contributed by atoms with Crippen LogP contribution >= 0.6 is 0 Å². The molecule has 10 rings (SSSR count). The minimum absolute atomic E-state index is 0.0463. The van der Waals surface area contributed by atoms with Crippen LogP contribution in [0.1, 0.15) is 49.7 Å². The van der Waals surface area contributed by atoms with Gasteiger partial charge in [0.15, 0.2) is 23.1 Å².